The standard InChI is InChI=1S/C17H22BrN3O2/c1-11-5-4-8-20(9-11)17(22)15-7-6-14(23-15)10-21-13(3)16(18)12(2)19-21/h6-7,11H,4-5,8-10H2,1-3H3. The van der Waals surface area contributed by atoms with Crippen LogP contribution in [0.4, 0.5) is 0 Å². The van der Waals surface area contributed by atoms with Gasteiger partial charge in [-0.1, -0.05) is 6.92 Å². The Hall–Kier alpha value is -1.56. The first-order valence-corrected chi connectivity index (χ1v) is 8.82. The topological polar surface area (TPSA) is 51.3 Å². The summed E-state index contributed by atoms with van der Waals surface area (Å²) in [6.07, 6.45) is 2.26. The normalized spacial score (nSPS) is 18.4. The third kappa shape index (κ3) is 3.37. The molecule has 23 heavy (non-hydrogen) atoms. The summed E-state index contributed by atoms with van der Waals surface area (Å²) in [7, 11) is 0. The van der Waals surface area contributed by atoms with Gasteiger partial charge in [0.1, 0.15) is 5.76 Å². The highest BCUT2D eigenvalue weighted by Gasteiger charge is 2.24. The zero-order chi connectivity index (χ0) is 16.6. The molecule has 0 bridgehead atoms. The number of rotatable bonds is 3. The molecule has 2 aromatic rings. The van der Waals surface area contributed by atoms with Crippen molar-refractivity contribution in [1.82, 2.24) is 14.7 Å². The van der Waals surface area contributed by atoms with Gasteiger partial charge in [-0.3, -0.25) is 9.48 Å². The Labute approximate surface area is 144 Å². The number of aryl methyl sites for hydroxylation is 1. The van der Waals surface area contributed by atoms with E-state index in [2.05, 4.69) is 28.0 Å². The van der Waals surface area contributed by atoms with E-state index in [1.165, 1.54) is 6.42 Å². The van der Waals surface area contributed by atoms with E-state index < -0.39 is 0 Å². The van der Waals surface area contributed by atoms with Gasteiger partial charge >= 0.3 is 0 Å². The zero-order valence-electron chi connectivity index (χ0n) is 13.8. The summed E-state index contributed by atoms with van der Waals surface area (Å²) in [6.45, 7) is 8.33. The molecule has 5 nitrogen and oxygen atoms in total. The molecule has 0 aliphatic carbocycles. The van der Waals surface area contributed by atoms with Gasteiger partial charge in [0.25, 0.3) is 5.91 Å². The fraction of sp³-hybridized carbons (Fsp3) is 0.529. The molecule has 2 aromatic heterocycles. The molecule has 1 atom stereocenters. The van der Waals surface area contributed by atoms with E-state index in [1.807, 2.05) is 29.5 Å². The van der Waals surface area contributed by atoms with E-state index in [0.29, 0.717) is 18.2 Å². The highest BCUT2D eigenvalue weighted by Crippen LogP contribution is 2.22. The Morgan fingerprint density at radius 3 is 2.87 bits per heavy atom. The SMILES string of the molecule is Cc1nn(Cc2ccc(C(=O)N3CCCC(C)C3)o2)c(C)c1Br. The summed E-state index contributed by atoms with van der Waals surface area (Å²) in [5.74, 6) is 1.73. The summed E-state index contributed by atoms with van der Waals surface area (Å²) in [5, 5.41) is 4.47. The summed E-state index contributed by atoms with van der Waals surface area (Å²) >= 11 is 3.52. The van der Waals surface area contributed by atoms with Gasteiger partial charge < -0.3 is 9.32 Å². The molecule has 6 heteroatoms. The van der Waals surface area contributed by atoms with Crippen LogP contribution in [-0.4, -0.2) is 33.7 Å². The van der Waals surface area contributed by atoms with Crippen LogP contribution in [0.5, 0.6) is 0 Å². The highest BCUT2D eigenvalue weighted by molar-refractivity contribution is 9.10. The minimum absolute atomic E-state index is 0.00246. The molecule has 0 spiro atoms. The summed E-state index contributed by atoms with van der Waals surface area (Å²) in [4.78, 5) is 14.4. The molecule has 3 heterocycles. The van der Waals surface area contributed by atoms with E-state index in [9.17, 15) is 4.79 Å². The fourth-order valence-corrected chi connectivity index (χ4v) is 3.37. The van der Waals surface area contributed by atoms with Crippen molar-refractivity contribution >= 4 is 21.8 Å². The molecule has 3 rings (SSSR count). The molecule has 0 aromatic carbocycles. The molecule has 0 N–H and O–H groups in total. The van der Waals surface area contributed by atoms with Crippen molar-refractivity contribution in [2.45, 2.75) is 40.2 Å². The third-order valence-corrected chi connectivity index (χ3v) is 5.56. The van der Waals surface area contributed by atoms with Crippen LogP contribution >= 0.6 is 15.9 Å². The first-order chi connectivity index (χ1) is 11.0. The van der Waals surface area contributed by atoms with Crippen molar-refractivity contribution < 1.29 is 9.21 Å². The highest BCUT2D eigenvalue weighted by atomic mass is 79.9. The van der Waals surface area contributed by atoms with Crippen LogP contribution in [0.25, 0.3) is 0 Å². The fourth-order valence-electron chi connectivity index (χ4n) is 3.08. The average molecular weight is 380 g/mol. The van der Waals surface area contributed by atoms with Crippen LogP contribution in [0.1, 0.15) is 47.5 Å². The van der Waals surface area contributed by atoms with Gasteiger partial charge in [0.15, 0.2) is 5.76 Å². The lowest BCUT2D eigenvalue weighted by Gasteiger charge is -2.30. The minimum atomic E-state index is -0.00246. The lowest BCUT2D eigenvalue weighted by Crippen LogP contribution is -2.38. The number of furan rings is 1. The van der Waals surface area contributed by atoms with Crippen molar-refractivity contribution in [3.63, 3.8) is 0 Å². The van der Waals surface area contributed by atoms with Crippen LogP contribution in [0.3, 0.4) is 0 Å². The Kier molecular flexibility index (Phi) is 4.62. The number of carbonyl (C=O) groups is 1. The maximum absolute atomic E-state index is 12.5. The van der Waals surface area contributed by atoms with Gasteiger partial charge in [0.2, 0.25) is 0 Å². The molecule has 124 valence electrons. The van der Waals surface area contributed by atoms with E-state index in [0.717, 1.165) is 41.1 Å². The van der Waals surface area contributed by atoms with Crippen molar-refractivity contribution in [3.8, 4) is 0 Å². The first kappa shape index (κ1) is 16.3. The molecule has 1 unspecified atom stereocenters. The van der Waals surface area contributed by atoms with Gasteiger partial charge in [-0.15, -0.1) is 0 Å². The molecule has 0 radical (unpaired) electrons. The van der Waals surface area contributed by atoms with E-state index >= 15 is 0 Å². The van der Waals surface area contributed by atoms with E-state index in [4.69, 9.17) is 4.42 Å². The number of nitrogens with zero attached hydrogens (tertiary/aromatic N) is 3. The van der Waals surface area contributed by atoms with Crippen molar-refractivity contribution in [2.75, 3.05) is 13.1 Å². The molecular formula is C17H22BrN3O2. The number of aromatic nitrogens is 2. The van der Waals surface area contributed by atoms with Crippen molar-refractivity contribution in [2.24, 2.45) is 5.92 Å². The number of hydrogen-bond acceptors (Lipinski definition) is 3. The lowest BCUT2D eigenvalue weighted by atomic mass is 10.0. The van der Waals surface area contributed by atoms with Gasteiger partial charge in [-0.25, -0.2) is 0 Å². The number of halogens is 1. The predicted molar refractivity (Wildman–Crippen MR) is 91.5 cm³/mol. The van der Waals surface area contributed by atoms with Crippen LogP contribution < -0.4 is 0 Å². The van der Waals surface area contributed by atoms with Crippen LogP contribution in [0, 0.1) is 19.8 Å². The van der Waals surface area contributed by atoms with Crippen LogP contribution in [0.2, 0.25) is 0 Å². The largest absolute Gasteiger partial charge is 0.454 e. The molecular weight excluding hydrogens is 358 g/mol. The first-order valence-electron chi connectivity index (χ1n) is 8.03. The Bertz CT molecular complexity index is 719. The van der Waals surface area contributed by atoms with Crippen molar-refractivity contribution in [3.05, 3.63) is 39.5 Å². The maximum Gasteiger partial charge on any atom is 0.289 e. The number of likely N-dealkylation sites (tertiary alicyclic amines) is 1. The summed E-state index contributed by atoms with van der Waals surface area (Å²) < 4.78 is 8.68. The second-order valence-electron chi connectivity index (χ2n) is 6.41. The van der Waals surface area contributed by atoms with Gasteiger partial charge in [-0.05, 0) is 60.7 Å². The number of hydrogen-bond donors (Lipinski definition) is 0. The van der Waals surface area contributed by atoms with Crippen molar-refractivity contribution in [1.29, 1.82) is 0 Å². The molecule has 1 aliphatic rings. The minimum Gasteiger partial charge on any atom is -0.454 e. The molecule has 0 saturated carbocycles. The molecule has 1 fully saturated rings. The smallest absolute Gasteiger partial charge is 0.289 e. The molecule has 1 saturated heterocycles. The monoisotopic (exact) mass is 379 g/mol. The Morgan fingerprint density at radius 2 is 2.22 bits per heavy atom. The van der Waals surface area contributed by atoms with E-state index in [1.54, 1.807) is 6.07 Å². The quantitative estimate of drug-likeness (QED) is 0.815. The van der Waals surface area contributed by atoms with Gasteiger partial charge in [0, 0.05) is 13.1 Å². The lowest BCUT2D eigenvalue weighted by molar-refractivity contribution is 0.0648. The molecule has 1 amide bonds. The number of amides is 1. The van der Waals surface area contributed by atoms with Crippen LogP contribution in [-0.2, 0) is 6.54 Å². The average Bonchev–Trinajstić information content (AvgIpc) is 3.08. The number of carbonyl (C=O) groups excluding carboxylic acids is 1. The van der Waals surface area contributed by atoms with Gasteiger partial charge in [0.05, 0.1) is 22.4 Å². The second kappa shape index (κ2) is 6.51. The molecule has 1 aliphatic heterocycles. The zero-order valence-corrected chi connectivity index (χ0v) is 15.4. The Morgan fingerprint density at radius 1 is 1.43 bits per heavy atom. The third-order valence-electron chi connectivity index (χ3n) is 4.42. The van der Waals surface area contributed by atoms with Gasteiger partial charge in [-0.2, -0.15) is 5.10 Å². The summed E-state index contributed by atoms with van der Waals surface area (Å²) in [5.41, 5.74) is 2.00. The number of piperidine rings is 1. The second-order valence-corrected chi connectivity index (χ2v) is 7.20. The summed E-state index contributed by atoms with van der Waals surface area (Å²) in [6, 6.07) is 3.64. The van der Waals surface area contributed by atoms with Crippen LogP contribution in [0.15, 0.2) is 21.0 Å². The Balaban J connectivity index is 1.72. The predicted octanol–water partition coefficient (Wildman–Crippen LogP) is 3.78. The maximum atomic E-state index is 12.5. The van der Waals surface area contributed by atoms with E-state index in [-0.39, 0.29) is 5.91 Å².